The van der Waals surface area contributed by atoms with Gasteiger partial charge in [-0.05, 0) is 67.8 Å². The van der Waals surface area contributed by atoms with Crippen LogP contribution in [0.15, 0.2) is 11.8 Å². The van der Waals surface area contributed by atoms with Crippen LogP contribution in [-0.4, -0.2) is 17.2 Å². The summed E-state index contributed by atoms with van der Waals surface area (Å²) in [4.78, 5) is 11.7. The maximum Gasteiger partial charge on any atom is 0.340 e. The van der Waals surface area contributed by atoms with Gasteiger partial charge in [0.05, 0.1) is 0 Å². The second-order valence-electron chi connectivity index (χ2n) is 8.32. The van der Waals surface area contributed by atoms with Gasteiger partial charge in [0.15, 0.2) is 6.10 Å². The molecule has 1 heterocycles. The first-order chi connectivity index (χ1) is 9.94. The second-order valence-corrected chi connectivity index (χ2v) is 8.32. The number of ether oxygens (including phenoxy) is 1. The minimum atomic E-state index is -0.942. The summed E-state index contributed by atoms with van der Waals surface area (Å²) in [6.45, 7) is 4.70. The third kappa shape index (κ3) is 1.79. The molecule has 0 spiro atoms. The van der Waals surface area contributed by atoms with Crippen LogP contribution < -0.4 is 0 Å². The van der Waals surface area contributed by atoms with E-state index >= 15 is 0 Å². The van der Waals surface area contributed by atoms with E-state index in [0.717, 1.165) is 18.1 Å². The van der Waals surface area contributed by atoms with Crippen LogP contribution in [0.3, 0.4) is 0 Å². The molecule has 0 radical (unpaired) electrons. The van der Waals surface area contributed by atoms with Crippen LogP contribution in [0.5, 0.6) is 0 Å². The van der Waals surface area contributed by atoms with Crippen molar-refractivity contribution in [3.8, 4) is 0 Å². The molecule has 116 valence electrons. The topological polar surface area (TPSA) is 46.5 Å². The number of allylic oxidation sites excluding steroid dienone is 2. The van der Waals surface area contributed by atoms with Gasteiger partial charge in [-0.3, -0.25) is 0 Å². The first-order valence-electron chi connectivity index (χ1n) is 8.54. The maximum absolute atomic E-state index is 11.7. The van der Waals surface area contributed by atoms with E-state index in [4.69, 9.17) is 4.74 Å². The Balaban J connectivity index is 1.70. The minimum Gasteiger partial charge on any atom is -0.429 e. The van der Waals surface area contributed by atoms with Crippen molar-refractivity contribution in [1.82, 2.24) is 0 Å². The Morgan fingerprint density at radius 2 is 2.05 bits per heavy atom. The molecule has 0 aromatic rings. The lowest BCUT2D eigenvalue weighted by Gasteiger charge is -2.56. The first kappa shape index (κ1) is 13.8. The normalized spacial score (nSPS) is 52.3. The fourth-order valence-corrected chi connectivity index (χ4v) is 6.13. The number of carbonyl (C=O) groups is 1. The molecular weight excluding hydrogens is 264 g/mol. The van der Waals surface area contributed by atoms with Gasteiger partial charge in [-0.25, -0.2) is 4.79 Å². The predicted octanol–water partition coefficient (Wildman–Crippen LogP) is 3.42. The SMILES string of the molecule is C[C@@]12CCC[C@H]1[C@@H]1CC=C3OC(=O)C(O)C[C@]3(C)[C@H]1CC2. The summed E-state index contributed by atoms with van der Waals surface area (Å²) >= 11 is 0. The lowest BCUT2D eigenvalue weighted by molar-refractivity contribution is -0.166. The van der Waals surface area contributed by atoms with E-state index < -0.39 is 12.1 Å². The average molecular weight is 290 g/mol. The first-order valence-corrected chi connectivity index (χ1v) is 8.54. The molecule has 0 amide bonds. The molecule has 1 saturated heterocycles. The van der Waals surface area contributed by atoms with Crippen molar-refractivity contribution < 1.29 is 14.6 Å². The number of aliphatic hydroxyl groups excluding tert-OH is 1. The van der Waals surface area contributed by atoms with Gasteiger partial charge in [0.2, 0.25) is 0 Å². The van der Waals surface area contributed by atoms with Crippen molar-refractivity contribution >= 4 is 5.97 Å². The van der Waals surface area contributed by atoms with Gasteiger partial charge >= 0.3 is 5.97 Å². The molecule has 3 aliphatic carbocycles. The number of aliphatic hydroxyl groups is 1. The van der Waals surface area contributed by atoms with Gasteiger partial charge in [-0.2, -0.15) is 0 Å². The summed E-state index contributed by atoms with van der Waals surface area (Å²) in [5.41, 5.74) is 0.396. The molecule has 1 N–H and O–H groups in total. The zero-order chi connectivity index (χ0) is 14.8. The zero-order valence-corrected chi connectivity index (χ0v) is 13.1. The molecule has 0 aromatic carbocycles. The Kier molecular flexibility index (Phi) is 2.86. The largest absolute Gasteiger partial charge is 0.429 e. The summed E-state index contributed by atoms with van der Waals surface area (Å²) in [5.74, 6) is 2.49. The van der Waals surface area contributed by atoms with E-state index in [9.17, 15) is 9.90 Å². The lowest BCUT2D eigenvalue weighted by atomic mass is 9.50. The van der Waals surface area contributed by atoms with Gasteiger partial charge < -0.3 is 9.84 Å². The van der Waals surface area contributed by atoms with Gasteiger partial charge in [-0.15, -0.1) is 0 Å². The Morgan fingerprint density at radius 3 is 2.86 bits per heavy atom. The van der Waals surface area contributed by atoms with Crippen LogP contribution >= 0.6 is 0 Å². The third-order valence-corrected chi connectivity index (χ3v) is 7.27. The average Bonchev–Trinajstić information content (AvgIpc) is 2.82. The molecule has 4 rings (SSSR count). The third-order valence-electron chi connectivity index (χ3n) is 7.27. The number of rotatable bonds is 0. The van der Waals surface area contributed by atoms with Crippen molar-refractivity contribution in [1.29, 1.82) is 0 Å². The van der Waals surface area contributed by atoms with E-state index in [1.165, 1.54) is 32.1 Å². The molecule has 3 fully saturated rings. The Bertz CT molecular complexity index is 511. The van der Waals surface area contributed by atoms with Crippen molar-refractivity contribution in [3.63, 3.8) is 0 Å². The summed E-state index contributed by atoms with van der Waals surface area (Å²) in [7, 11) is 0. The van der Waals surface area contributed by atoms with Crippen LogP contribution in [0, 0.1) is 28.6 Å². The number of carbonyl (C=O) groups excluding carboxylic acids is 1. The highest BCUT2D eigenvalue weighted by molar-refractivity contribution is 5.77. The molecule has 6 atom stereocenters. The quantitative estimate of drug-likeness (QED) is 0.695. The molecular formula is C18H26O3. The van der Waals surface area contributed by atoms with Gasteiger partial charge in [-0.1, -0.05) is 20.3 Å². The Morgan fingerprint density at radius 1 is 1.24 bits per heavy atom. The molecule has 1 unspecified atom stereocenters. The molecule has 0 bridgehead atoms. The zero-order valence-electron chi connectivity index (χ0n) is 13.1. The van der Waals surface area contributed by atoms with E-state index in [-0.39, 0.29) is 5.41 Å². The van der Waals surface area contributed by atoms with E-state index in [1.807, 2.05) is 0 Å². The monoisotopic (exact) mass is 290 g/mol. The molecule has 21 heavy (non-hydrogen) atoms. The van der Waals surface area contributed by atoms with E-state index in [1.54, 1.807) is 0 Å². The molecule has 2 saturated carbocycles. The summed E-state index contributed by atoms with van der Waals surface area (Å²) in [6.07, 6.45) is 9.45. The van der Waals surface area contributed by atoms with Crippen molar-refractivity contribution in [2.45, 2.75) is 64.9 Å². The molecule has 0 aromatic heterocycles. The predicted molar refractivity (Wildman–Crippen MR) is 79.2 cm³/mol. The maximum atomic E-state index is 11.7. The van der Waals surface area contributed by atoms with Crippen molar-refractivity contribution in [3.05, 3.63) is 11.8 Å². The van der Waals surface area contributed by atoms with Gasteiger partial charge in [0.25, 0.3) is 0 Å². The lowest BCUT2D eigenvalue weighted by Crippen LogP contribution is -2.52. The Labute approximate surface area is 126 Å². The number of esters is 1. The van der Waals surface area contributed by atoms with E-state index in [2.05, 4.69) is 19.9 Å². The number of hydrogen-bond donors (Lipinski definition) is 1. The summed E-state index contributed by atoms with van der Waals surface area (Å²) in [5, 5.41) is 10.0. The summed E-state index contributed by atoms with van der Waals surface area (Å²) in [6, 6.07) is 0. The highest BCUT2D eigenvalue weighted by atomic mass is 16.6. The second kappa shape index (κ2) is 4.34. The van der Waals surface area contributed by atoms with Crippen LogP contribution in [0.1, 0.15) is 58.8 Å². The van der Waals surface area contributed by atoms with Crippen LogP contribution in [0.2, 0.25) is 0 Å². The van der Waals surface area contributed by atoms with Gasteiger partial charge in [0, 0.05) is 5.41 Å². The highest BCUT2D eigenvalue weighted by Crippen LogP contribution is 2.64. The standard InChI is InChI=1S/C18H26O3/c1-17-8-3-4-12(17)11-5-6-15-18(2,13(11)7-9-17)10-14(19)16(20)21-15/h6,11-14,19H,3-5,7-10H2,1-2H3/t11-,12-,13-,14?,17-,18+/m0/s1. The van der Waals surface area contributed by atoms with Crippen LogP contribution in [0.25, 0.3) is 0 Å². The number of hydrogen-bond acceptors (Lipinski definition) is 3. The van der Waals surface area contributed by atoms with E-state index in [0.29, 0.717) is 23.7 Å². The fraction of sp³-hybridized carbons (Fsp3) is 0.833. The summed E-state index contributed by atoms with van der Waals surface area (Å²) < 4.78 is 5.46. The minimum absolute atomic E-state index is 0.139. The smallest absolute Gasteiger partial charge is 0.340 e. The highest BCUT2D eigenvalue weighted by Gasteiger charge is 2.58. The Hall–Kier alpha value is -0.830. The van der Waals surface area contributed by atoms with Crippen molar-refractivity contribution in [2.75, 3.05) is 0 Å². The van der Waals surface area contributed by atoms with Crippen LogP contribution in [-0.2, 0) is 9.53 Å². The van der Waals surface area contributed by atoms with Crippen LogP contribution in [0.4, 0.5) is 0 Å². The fourth-order valence-electron chi connectivity index (χ4n) is 6.13. The molecule has 3 heteroatoms. The van der Waals surface area contributed by atoms with Gasteiger partial charge in [0.1, 0.15) is 5.76 Å². The molecule has 1 aliphatic heterocycles. The molecule has 4 aliphatic rings. The molecule has 3 nitrogen and oxygen atoms in total. The number of fused-ring (bicyclic) bond motifs is 5. The van der Waals surface area contributed by atoms with Crippen molar-refractivity contribution in [2.24, 2.45) is 28.6 Å².